The maximum Gasteiger partial charge on any atom is 0.254 e. The Bertz CT molecular complexity index is 785. The number of likely N-dealkylation sites (tertiary alicyclic amines) is 1. The number of nitrogens with one attached hydrogen (secondary N) is 2. The van der Waals surface area contributed by atoms with Gasteiger partial charge in [-0.1, -0.05) is 15.9 Å². The number of fused-ring (bicyclic) bond motifs is 1. The quantitative estimate of drug-likeness (QED) is 0.862. The number of carbonyl (C=O) groups is 1. The van der Waals surface area contributed by atoms with Gasteiger partial charge in [0.15, 0.2) is 0 Å². The summed E-state index contributed by atoms with van der Waals surface area (Å²) in [5.74, 6) is 0.415. The number of aromatic nitrogens is 1. The van der Waals surface area contributed by atoms with Crippen molar-refractivity contribution in [3.8, 4) is 0 Å². The molecule has 6 heteroatoms. The second-order valence-corrected chi connectivity index (χ2v) is 6.97. The van der Waals surface area contributed by atoms with Crippen LogP contribution in [0.1, 0.15) is 23.2 Å². The first-order valence-corrected chi connectivity index (χ1v) is 8.64. The van der Waals surface area contributed by atoms with Crippen molar-refractivity contribution in [2.45, 2.75) is 12.8 Å². The van der Waals surface area contributed by atoms with Crippen LogP contribution in [0.25, 0.3) is 10.9 Å². The number of benzene rings is 1. The number of hydrogen-bond donors (Lipinski definition) is 2. The molecule has 3 rings (SSSR count). The minimum atomic E-state index is -0.244. The monoisotopic (exact) mass is 377 g/mol. The lowest BCUT2D eigenvalue weighted by atomic mass is 9.97. The Hall–Kier alpha value is -1.66. The smallest absolute Gasteiger partial charge is 0.254 e. The molecule has 0 spiro atoms. The first-order valence-electron chi connectivity index (χ1n) is 7.85. The first kappa shape index (κ1) is 16.2. The molecule has 1 saturated heterocycles. The zero-order chi connectivity index (χ0) is 16.4. The van der Waals surface area contributed by atoms with E-state index in [9.17, 15) is 9.59 Å². The fourth-order valence-electron chi connectivity index (χ4n) is 3.28. The second kappa shape index (κ2) is 6.84. The van der Waals surface area contributed by atoms with Gasteiger partial charge in [-0.15, -0.1) is 0 Å². The van der Waals surface area contributed by atoms with E-state index in [0.717, 1.165) is 42.3 Å². The fourth-order valence-corrected chi connectivity index (χ4v) is 3.64. The highest BCUT2D eigenvalue weighted by Crippen LogP contribution is 2.24. The Morgan fingerprint density at radius 2 is 2.26 bits per heavy atom. The Morgan fingerprint density at radius 3 is 3.04 bits per heavy atom. The van der Waals surface area contributed by atoms with Gasteiger partial charge in [-0.2, -0.15) is 0 Å². The van der Waals surface area contributed by atoms with Crippen LogP contribution in [0.15, 0.2) is 33.5 Å². The van der Waals surface area contributed by atoms with E-state index in [4.69, 9.17) is 0 Å². The molecule has 0 aliphatic carbocycles. The molecule has 0 radical (unpaired) electrons. The van der Waals surface area contributed by atoms with Crippen LogP contribution < -0.4 is 10.9 Å². The molecule has 1 atom stereocenters. The van der Waals surface area contributed by atoms with Crippen molar-refractivity contribution in [3.05, 3.63) is 44.7 Å². The van der Waals surface area contributed by atoms with Gasteiger partial charge in [-0.05, 0) is 50.6 Å². The largest absolute Gasteiger partial charge is 0.338 e. The van der Waals surface area contributed by atoms with Gasteiger partial charge < -0.3 is 15.2 Å². The SMILES string of the molecule is CNC[C@H]1CCCN(C(=O)c2cc(=O)[nH]c3ccc(Br)cc23)C1. The fraction of sp³-hybridized carbons (Fsp3) is 0.412. The van der Waals surface area contributed by atoms with E-state index < -0.39 is 0 Å². The van der Waals surface area contributed by atoms with Crippen LogP contribution in [-0.2, 0) is 0 Å². The predicted octanol–water partition coefficient (Wildman–Crippen LogP) is 2.36. The summed E-state index contributed by atoms with van der Waals surface area (Å²) in [4.78, 5) is 29.5. The number of aromatic amines is 1. The number of H-pyrrole nitrogens is 1. The molecule has 1 aliphatic heterocycles. The lowest BCUT2D eigenvalue weighted by molar-refractivity contribution is 0.0676. The van der Waals surface area contributed by atoms with Crippen LogP contribution in [0.4, 0.5) is 0 Å². The highest BCUT2D eigenvalue weighted by molar-refractivity contribution is 9.10. The van der Waals surface area contributed by atoms with Crippen molar-refractivity contribution in [2.24, 2.45) is 5.92 Å². The minimum absolute atomic E-state index is 0.0556. The number of nitrogens with zero attached hydrogens (tertiary/aromatic N) is 1. The molecular weight excluding hydrogens is 358 g/mol. The lowest BCUT2D eigenvalue weighted by Crippen LogP contribution is -2.42. The lowest BCUT2D eigenvalue weighted by Gasteiger charge is -2.33. The number of hydrogen-bond acceptors (Lipinski definition) is 3. The molecule has 2 aromatic rings. The second-order valence-electron chi connectivity index (χ2n) is 6.05. The van der Waals surface area contributed by atoms with Crippen molar-refractivity contribution in [3.63, 3.8) is 0 Å². The summed E-state index contributed by atoms with van der Waals surface area (Å²) >= 11 is 3.44. The molecule has 23 heavy (non-hydrogen) atoms. The number of amides is 1. The molecule has 122 valence electrons. The van der Waals surface area contributed by atoms with Crippen molar-refractivity contribution in [2.75, 3.05) is 26.7 Å². The Balaban J connectivity index is 1.97. The first-order chi connectivity index (χ1) is 11.1. The normalized spacial score (nSPS) is 18.3. The van der Waals surface area contributed by atoms with Gasteiger partial charge in [-0.3, -0.25) is 9.59 Å². The predicted molar refractivity (Wildman–Crippen MR) is 94.8 cm³/mol. The molecule has 2 heterocycles. The van der Waals surface area contributed by atoms with Crippen LogP contribution >= 0.6 is 15.9 Å². The van der Waals surface area contributed by atoms with Crippen molar-refractivity contribution < 1.29 is 4.79 Å². The number of rotatable bonds is 3. The van der Waals surface area contributed by atoms with Crippen molar-refractivity contribution >= 4 is 32.7 Å². The summed E-state index contributed by atoms with van der Waals surface area (Å²) in [5, 5.41) is 3.96. The van der Waals surface area contributed by atoms with Crippen LogP contribution in [0, 0.1) is 5.92 Å². The average molecular weight is 378 g/mol. The molecule has 1 amide bonds. The molecule has 1 aromatic heterocycles. The van der Waals surface area contributed by atoms with Crippen molar-refractivity contribution in [1.82, 2.24) is 15.2 Å². The van der Waals surface area contributed by atoms with E-state index in [0.29, 0.717) is 17.0 Å². The van der Waals surface area contributed by atoms with Crippen LogP contribution in [0.3, 0.4) is 0 Å². The van der Waals surface area contributed by atoms with E-state index in [2.05, 4.69) is 26.2 Å². The summed E-state index contributed by atoms with van der Waals surface area (Å²) in [6.07, 6.45) is 2.13. The molecule has 0 unspecified atom stereocenters. The zero-order valence-corrected chi connectivity index (χ0v) is 14.6. The Kier molecular flexibility index (Phi) is 4.82. The summed E-state index contributed by atoms with van der Waals surface area (Å²) in [7, 11) is 1.93. The van der Waals surface area contributed by atoms with Gasteiger partial charge in [-0.25, -0.2) is 0 Å². The Morgan fingerprint density at radius 1 is 1.43 bits per heavy atom. The maximum atomic E-state index is 13.0. The van der Waals surface area contributed by atoms with E-state index in [1.54, 1.807) is 0 Å². The van der Waals surface area contributed by atoms with E-state index in [1.165, 1.54) is 6.07 Å². The molecule has 0 saturated carbocycles. The van der Waals surface area contributed by atoms with E-state index in [1.807, 2.05) is 30.1 Å². The third-order valence-electron chi connectivity index (χ3n) is 4.33. The third-order valence-corrected chi connectivity index (χ3v) is 4.83. The van der Waals surface area contributed by atoms with E-state index in [-0.39, 0.29) is 11.5 Å². The minimum Gasteiger partial charge on any atom is -0.338 e. The van der Waals surface area contributed by atoms with Crippen LogP contribution in [0.5, 0.6) is 0 Å². The zero-order valence-electron chi connectivity index (χ0n) is 13.1. The standard InChI is InChI=1S/C17H20BrN3O2/c1-19-9-11-3-2-6-21(10-11)17(23)14-8-16(22)20-15-5-4-12(18)7-13(14)15/h4-5,7-8,11,19H,2-3,6,9-10H2,1H3,(H,20,22)/t11-/m1/s1. The van der Waals surface area contributed by atoms with Crippen molar-refractivity contribution in [1.29, 1.82) is 0 Å². The van der Waals surface area contributed by atoms with Gasteiger partial charge in [0.1, 0.15) is 0 Å². The molecular formula is C17H20BrN3O2. The van der Waals surface area contributed by atoms with Gasteiger partial charge in [0.05, 0.1) is 5.56 Å². The molecule has 1 aliphatic rings. The van der Waals surface area contributed by atoms with Gasteiger partial charge >= 0.3 is 0 Å². The highest BCUT2D eigenvalue weighted by Gasteiger charge is 2.25. The molecule has 0 bridgehead atoms. The van der Waals surface area contributed by atoms with Crippen LogP contribution in [0.2, 0.25) is 0 Å². The highest BCUT2D eigenvalue weighted by atomic mass is 79.9. The number of halogens is 1. The summed E-state index contributed by atoms with van der Waals surface area (Å²) in [5.41, 5.74) is 0.926. The molecule has 5 nitrogen and oxygen atoms in total. The molecule has 1 fully saturated rings. The van der Waals surface area contributed by atoms with Gasteiger partial charge in [0, 0.05) is 34.5 Å². The molecule has 2 N–H and O–H groups in total. The number of carbonyl (C=O) groups excluding carboxylic acids is 1. The Labute approximate surface area is 143 Å². The average Bonchev–Trinajstić information content (AvgIpc) is 2.54. The maximum absolute atomic E-state index is 13.0. The summed E-state index contributed by atoms with van der Waals surface area (Å²) in [6.45, 7) is 2.40. The van der Waals surface area contributed by atoms with Crippen LogP contribution in [-0.4, -0.2) is 42.5 Å². The summed E-state index contributed by atoms with van der Waals surface area (Å²) in [6, 6.07) is 6.97. The van der Waals surface area contributed by atoms with Gasteiger partial charge in [0.2, 0.25) is 5.56 Å². The molecule has 1 aromatic carbocycles. The topological polar surface area (TPSA) is 65.2 Å². The van der Waals surface area contributed by atoms with Gasteiger partial charge in [0.25, 0.3) is 5.91 Å². The summed E-state index contributed by atoms with van der Waals surface area (Å²) < 4.78 is 0.887. The number of piperidine rings is 1. The number of pyridine rings is 1. The van der Waals surface area contributed by atoms with E-state index >= 15 is 0 Å². The third kappa shape index (κ3) is 3.48.